The van der Waals surface area contributed by atoms with Crippen molar-refractivity contribution in [2.45, 2.75) is 25.9 Å². The predicted octanol–water partition coefficient (Wildman–Crippen LogP) is 3.01. The fourth-order valence-corrected chi connectivity index (χ4v) is 2.26. The molecular formula is C18H20FNO3. The molecule has 2 aromatic carbocycles. The van der Waals surface area contributed by atoms with E-state index in [1.807, 2.05) is 30.3 Å². The van der Waals surface area contributed by atoms with Gasteiger partial charge in [0.2, 0.25) is 0 Å². The summed E-state index contributed by atoms with van der Waals surface area (Å²) in [5, 5.41) is 12.3. The van der Waals surface area contributed by atoms with Crippen molar-refractivity contribution in [1.82, 2.24) is 5.32 Å². The molecular weight excluding hydrogens is 297 g/mol. The van der Waals surface area contributed by atoms with Crippen molar-refractivity contribution in [1.29, 1.82) is 0 Å². The van der Waals surface area contributed by atoms with Gasteiger partial charge in [-0.25, -0.2) is 4.39 Å². The third kappa shape index (κ3) is 5.07. The molecule has 4 nitrogen and oxygen atoms in total. The Hall–Kier alpha value is -2.40. The first-order chi connectivity index (χ1) is 11.1. The van der Waals surface area contributed by atoms with Crippen molar-refractivity contribution < 1.29 is 19.0 Å². The third-order valence-corrected chi connectivity index (χ3v) is 3.43. The average Bonchev–Trinajstić information content (AvgIpc) is 2.54. The number of carboxylic acids is 1. The van der Waals surface area contributed by atoms with Gasteiger partial charge in [0.1, 0.15) is 6.04 Å². The largest absolute Gasteiger partial charge is 0.491 e. The van der Waals surface area contributed by atoms with Gasteiger partial charge in [-0.15, -0.1) is 0 Å². The van der Waals surface area contributed by atoms with Gasteiger partial charge in [0.25, 0.3) is 0 Å². The highest BCUT2D eigenvalue weighted by Gasteiger charge is 2.17. The number of hydrogen-bond acceptors (Lipinski definition) is 3. The molecule has 0 aliphatic heterocycles. The zero-order valence-electron chi connectivity index (χ0n) is 13.0. The summed E-state index contributed by atoms with van der Waals surface area (Å²) in [5.41, 5.74) is 1.61. The van der Waals surface area contributed by atoms with Crippen molar-refractivity contribution in [2.75, 3.05) is 6.61 Å². The summed E-state index contributed by atoms with van der Waals surface area (Å²) in [4.78, 5) is 11.4. The number of carboxylic acid groups (broad SMARTS) is 1. The van der Waals surface area contributed by atoms with Crippen LogP contribution in [0.2, 0.25) is 0 Å². The van der Waals surface area contributed by atoms with Crippen molar-refractivity contribution in [3.8, 4) is 5.75 Å². The van der Waals surface area contributed by atoms with Crippen LogP contribution in [0.3, 0.4) is 0 Å². The minimum absolute atomic E-state index is 0.204. The predicted molar refractivity (Wildman–Crippen MR) is 86.0 cm³/mol. The topological polar surface area (TPSA) is 58.6 Å². The zero-order chi connectivity index (χ0) is 16.7. The molecule has 0 saturated heterocycles. The van der Waals surface area contributed by atoms with Crippen LogP contribution in [0.1, 0.15) is 18.1 Å². The second-order valence-corrected chi connectivity index (χ2v) is 5.16. The first kappa shape index (κ1) is 17.0. The number of aliphatic carboxylic acids is 1. The van der Waals surface area contributed by atoms with Crippen LogP contribution in [0.15, 0.2) is 48.5 Å². The molecule has 122 valence electrons. The van der Waals surface area contributed by atoms with E-state index < -0.39 is 17.8 Å². The summed E-state index contributed by atoms with van der Waals surface area (Å²) < 4.78 is 18.9. The fourth-order valence-electron chi connectivity index (χ4n) is 2.26. The van der Waals surface area contributed by atoms with E-state index in [0.717, 1.165) is 5.56 Å². The molecule has 0 bridgehead atoms. The number of ether oxygens (including phenoxy) is 1. The highest BCUT2D eigenvalue weighted by atomic mass is 19.1. The minimum atomic E-state index is -0.930. The minimum Gasteiger partial charge on any atom is -0.491 e. The molecule has 2 aromatic rings. The molecule has 0 amide bonds. The van der Waals surface area contributed by atoms with Crippen molar-refractivity contribution in [3.05, 3.63) is 65.5 Å². The monoisotopic (exact) mass is 317 g/mol. The summed E-state index contributed by atoms with van der Waals surface area (Å²) in [6, 6.07) is 13.3. The van der Waals surface area contributed by atoms with Crippen molar-refractivity contribution >= 4 is 5.97 Å². The molecule has 0 aromatic heterocycles. The van der Waals surface area contributed by atoms with Gasteiger partial charge in [0.15, 0.2) is 11.6 Å². The summed E-state index contributed by atoms with van der Waals surface area (Å²) in [6.45, 7) is 2.45. The van der Waals surface area contributed by atoms with Gasteiger partial charge in [-0.3, -0.25) is 4.79 Å². The molecule has 0 fully saturated rings. The lowest BCUT2D eigenvalue weighted by Crippen LogP contribution is -2.38. The highest BCUT2D eigenvalue weighted by molar-refractivity contribution is 5.73. The molecule has 1 atom stereocenters. The molecule has 0 spiro atoms. The number of carbonyl (C=O) groups is 1. The smallest absolute Gasteiger partial charge is 0.321 e. The molecule has 0 heterocycles. The quantitative estimate of drug-likeness (QED) is 0.786. The first-order valence-electron chi connectivity index (χ1n) is 7.51. The van der Waals surface area contributed by atoms with Crippen LogP contribution in [0.5, 0.6) is 5.75 Å². The number of benzene rings is 2. The zero-order valence-corrected chi connectivity index (χ0v) is 13.0. The van der Waals surface area contributed by atoms with E-state index in [4.69, 9.17) is 4.74 Å². The number of hydrogen-bond donors (Lipinski definition) is 2. The summed E-state index contributed by atoms with van der Waals surface area (Å²) >= 11 is 0. The van der Waals surface area contributed by atoms with Crippen molar-refractivity contribution in [3.63, 3.8) is 0 Å². The van der Waals surface area contributed by atoms with Crippen LogP contribution in [0, 0.1) is 5.82 Å². The Labute approximate surface area is 134 Å². The molecule has 2 rings (SSSR count). The maximum absolute atomic E-state index is 13.8. The Morgan fingerprint density at radius 1 is 1.22 bits per heavy atom. The fraction of sp³-hybridized carbons (Fsp3) is 0.278. The molecule has 23 heavy (non-hydrogen) atoms. The second-order valence-electron chi connectivity index (χ2n) is 5.16. The molecule has 0 radical (unpaired) electrons. The molecule has 0 aliphatic rings. The van der Waals surface area contributed by atoms with Crippen LogP contribution in [0.25, 0.3) is 0 Å². The van der Waals surface area contributed by atoms with Crippen molar-refractivity contribution in [2.24, 2.45) is 0 Å². The van der Waals surface area contributed by atoms with E-state index in [0.29, 0.717) is 18.6 Å². The number of nitrogens with one attached hydrogen (secondary N) is 1. The van der Waals surface area contributed by atoms with Gasteiger partial charge in [-0.05, 0) is 36.6 Å². The number of halogens is 1. The summed E-state index contributed by atoms with van der Waals surface area (Å²) in [7, 11) is 0. The van der Waals surface area contributed by atoms with Gasteiger partial charge in [-0.1, -0.05) is 36.4 Å². The van der Waals surface area contributed by atoms with Crippen LogP contribution in [0.4, 0.5) is 4.39 Å². The van der Waals surface area contributed by atoms with E-state index in [1.165, 1.54) is 6.07 Å². The van der Waals surface area contributed by atoms with E-state index in [1.54, 1.807) is 19.1 Å². The molecule has 5 heteroatoms. The lowest BCUT2D eigenvalue weighted by molar-refractivity contribution is -0.139. The Bertz CT molecular complexity index is 646. The SMILES string of the molecule is CCOc1ccc(CN[C@@H](Cc2ccccc2)C(=O)O)cc1F. The van der Waals surface area contributed by atoms with E-state index in [9.17, 15) is 14.3 Å². The van der Waals surface area contributed by atoms with E-state index in [2.05, 4.69) is 5.32 Å². The lowest BCUT2D eigenvalue weighted by Gasteiger charge is -2.15. The highest BCUT2D eigenvalue weighted by Crippen LogP contribution is 2.18. The van der Waals surface area contributed by atoms with Gasteiger partial charge in [0.05, 0.1) is 6.61 Å². The first-order valence-corrected chi connectivity index (χ1v) is 7.51. The summed E-state index contributed by atoms with van der Waals surface area (Å²) in [6.07, 6.45) is 0.371. The standard InChI is InChI=1S/C18H20FNO3/c1-2-23-17-9-8-14(10-15(17)19)12-20-16(18(21)22)11-13-6-4-3-5-7-13/h3-10,16,20H,2,11-12H2,1H3,(H,21,22)/t16-/m0/s1. The molecule has 0 saturated carbocycles. The Kier molecular flexibility index (Phi) is 6.11. The average molecular weight is 317 g/mol. The molecule has 0 aliphatic carbocycles. The Balaban J connectivity index is 1.99. The summed E-state index contributed by atoms with van der Waals surface area (Å²) in [5.74, 6) is -1.17. The van der Waals surface area contributed by atoms with Crippen LogP contribution in [-0.4, -0.2) is 23.7 Å². The Morgan fingerprint density at radius 2 is 1.96 bits per heavy atom. The van der Waals surface area contributed by atoms with Gasteiger partial charge in [0, 0.05) is 6.54 Å². The van der Waals surface area contributed by atoms with Gasteiger partial charge >= 0.3 is 5.97 Å². The van der Waals surface area contributed by atoms with E-state index in [-0.39, 0.29) is 12.3 Å². The maximum Gasteiger partial charge on any atom is 0.321 e. The second kappa shape index (κ2) is 8.29. The maximum atomic E-state index is 13.8. The van der Waals surface area contributed by atoms with Crippen LogP contribution >= 0.6 is 0 Å². The Morgan fingerprint density at radius 3 is 2.57 bits per heavy atom. The molecule has 2 N–H and O–H groups in total. The van der Waals surface area contributed by atoms with Gasteiger partial charge in [-0.2, -0.15) is 0 Å². The molecule has 0 unspecified atom stereocenters. The van der Waals surface area contributed by atoms with Crippen LogP contribution in [-0.2, 0) is 17.8 Å². The van der Waals surface area contributed by atoms with Crippen LogP contribution < -0.4 is 10.1 Å². The third-order valence-electron chi connectivity index (χ3n) is 3.43. The van der Waals surface area contributed by atoms with E-state index >= 15 is 0 Å². The normalized spacial score (nSPS) is 11.9. The lowest BCUT2D eigenvalue weighted by atomic mass is 10.1. The number of rotatable bonds is 8. The van der Waals surface area contributed by atoms with Gasteiger partial charge < -0.3 is 15.2 Å².